The van der Waals surface area contributed by atoms with Crippen LogP contribution in [0.2, 0.25) is 0 Å². The van der Waals surface area contributed by atoms with Crippen molar-refractivity contribution >= 4 is 17.7 Å². The minimum absolute atomic E-state index is 0.0190. The van der Waals surface area contributed by atoms with Crippen LogP contribution in [-0.2, 0) is 4.79 Å². The summed E-state index contributed by atoms with van der Waals surface area (Å²) in [5.74, 6) is 1.68. The topological polar surface area (TPSA) is 68.4 Å². The number of hydrogen-bond acceptors (Lipinski definition) is 6. The molecular formula is C23H41N5OS. The van der Waals surface area contributed by atoms with E-state index in [9.17, 15) is 4.79 Å². The largest absolute Gasteiger partial charge is 0.352 e. The highest BCUT2D eigenvalue weighted by atomic mass is 32.2. The van der Waals surface area contributed by atoms with Crippen molar-refractivity contribution in [2.24, 2.45) is 11.8 Å². The Morgan fingerprint density at radius 3 is 2.87 bits per heavy atom. The number of nitrogens with one attached hydrogen (secondary N) is 4. The summed E-state index contributed by atoms with van der Waals surface area (Å²) in [5, 5.41) is 7.68. The molecule has 0 aromatic carbocycles. The van der Waals surface area contributed by atoms with Crippen molar-refractivity contribution in [3.63, 3.8) is 0 Å². The third kappa shape index (κ3) is 5.60. The van der Waals surface area contributed by atoms with Gasteiger partial charge < -0.3 is 10.6 Å². The molecule has 0 bridgehead atoms. The first-order valence-electron chi connectivity index (χ1n) is 12.2. The van der Waals surface area contributed by atoms with Gasteiger partial charge in [-0.25, -0.2) is 10.9 Å². The average Bonchev–Trinajstić information content (AvgIpc) is 3.17. The molecule has 0 aromatic heterocycles. The van der Waals surface area contributed by atoms with E-state index in [1.165, 1.54) is 44.9 Å². The van der Waals surface area contributed by atoms with Gasteiger partial charge in [0.05, 0.1) is 12.7 Å². The Kier molecular flexibility index (Phi) is 8.14. The van der Waals surface area contributed by atoms with Gasteiger partial charge in [-0.1, -0.05) is 25.3 Å². The molecule has 4 rings (SSSR count). The first-order chi connectivity index (χ1) is 14.6. The zero-order chi connectivity index (χ0) is 20.9. The van der Waals surface area contributed by atoms with Gasteiger partial charge in [0, 0.05) is 17.3 Å². The number of carbonyl (C=O) groups is 1. The number of allylic oxidation sites excluding steroid dienone is 1. The van der Waals surface area contributed by atoms with E-state index < -0.39 is 0 Å². The van der Waals surface area contributed by atoms with Crippen molar-refractivity contribution in [3.8, 4) is 0 Å². The smallest absolute Gasteiger partial charge is 0.237 e. The maximum atomic E-state index is 13.0. The summed E-state index contributed by atoms with van der Waals surface area (Å²) in [5.41, 5.74) is 6.90. The Hall–Kier alpha value is -0.600. The molecular weight excluding hydrogens is 394 g/mol. The molecule has 170 valence electrons. The van der Waals surface area contributed by atoms with Crippen LogP contribution in [0.3, 0.4) is 0 Å². The third-order valence-corrected chi connectivity index (χ3v) is 9.37. The zero-order valence-corrected chi connectivity index (χ0v) is 19.4. The second-order valence-electron chi connectivity index (χ2n) is 9.87. The molecule has 2 heterocycles. The number of piperidine rings is 1. The Bertz CT molecular complexity index is 590. The van der Waals surface area contributed by atoms with Crippen LogP contribution in [0.4, 0.5) is 0 Å². The third-order valence-electron chi connectivity index (χ3n) is 7.71. The molecule has 4 aliphatic rings. The molecule has 2 aliphatic heterocycles. The number of thioether (sulfide) groups is 1. The second kappa shape index (κ2) is 10.8. The summed E-state index contributed by atoms with van der Waals surface area (Å²) in [7, 11) is 2.15. The highest BCUT2D eigenvalue weighted by Crippen LogP contribution is 2.37. The fraction of sp³-hybridized carbons (Fsp3) is 0.870. The molecule has 2 saturated carbocycles. The van der Waals surface area contributed by atoms with Crippen LogP contribution in [0.5, 0.6) is 0 Å². The first kappa shape index (κ1) is 22.6. The molecule has 0 aromatic rings. The van der Waals surface area contributed by atoms with Crippen molar-refractivity contribution in [1.29, 1.82) is 0 Å². The van der Waals surface area contributed by atoms with E-state index in [4.69, 9.17) is 0 Å². The highest BCUT2D eigenvalue weighted by Gasteiger charge is 2.36. The normalized spacial score (nSPS) is 38.6. The van der Waals surface area contributed by atoms with Crippen molar-refractivity contribution in [2.45, 2.75) is 99.5 Å². The van der Waals surface area contributed by atoms with Crippen LogP contribution < -0.4 is 21.5 Å². The minimum atomic E-state index is 0.0190. The molecule has 7 heteroatoms. The fourth-order valence-corrected chi connectivity index (χ4v) is 7.46. The summed E-state index contributed by atoms with van der Waals surface area (Å²) in [6, 6.07) is 0.910. The molecule has 4 N–H and O–H groups in total. The van der Waals surface area contributed by atoms with Gasteiger partial charge in [0.15, 0.2) is 0 Å². The number of rotatable bonds is 7. The first-order valence-corrected chi connectivity index (χ1v) is 13.1. The Labute approximate surface area is 186 Å². The lowest BCUT2D eigenvalue weighted by Gasteiger charge is -2.41. The monoisotopic (exact) mass is 435 g/mol. The SMILES string of the molecule is C=CCC(SC1NNCN1C)C1CCCC(NC(=O)C2CCC3CCCCC3N2)C1. The number of amides is 1. The summed E-state index contributed by atoms with van der Waals surface area (Å²) in [6.45, 7) is 4.88. The molecule has 2 aliphatic carbocycles. The second-order valence-corrected chi connectivity index (χ2v) is 11.2. The predicted octanol–water partition coefficient (Wildman–Crippen LogP) is 2.93. The Morgan fingerprint density at radius 1 is 1.20 bits per heavy atom. The Morgan fingerprint density at radius 2 is 2.07 bits per heavy atom. The van der Waals surface area contributed by atoms with Crippen molar-refractivity contribution < 1.29 is 4.79 Å². The van der Waals surface area contributed by atoms with Crippen LogP contribution in [0.25, 0.3) is 0 Å². The summed E-state index contributed by atoms with van der Waals surface area (Å²) in [6.07, 6.45) is 15.3. The number of hydrogen-bond donors (Lipinski definition) is 4. The lowest BCUT2D eigenvalue weighted by molar-refractivity contribution is -0.125. The molecule has 4 fully saturated rings. The maximum absolute atomic E-state index is 13.0. The lowest BCUT2D eigenvalue weighted by Crippen LogP contribution is -2.56. The molecule has 1 amide bonds. The average molecular weight is 436 g/mol. The van der Waals surface area contributed by atoms with Gasteiger partial charge in [-0.05, 0) is 70.3 Å². The summed E-state index contributed by atoms with van der Waals surface area (Å²) in [4.78, 5) is 15.3. The van der Waals surface area contributed by atoms with E-state index in [1.807, 2.05) is 11.8 Å². The standard InChI is InChI=1S/C23H41N5OS/c1-3-7-21(30-23-27-24-15-28(23)2)17-9-6-10-18(14-17)25-22(29)20-13-12-16-8-4-5-11-19(16)26-20/h3,16-21,23-24,26-27H,1,4-15H2,2H3,(H,25,29). The van der Waals surface area contributed by atoms with E-state index in [0.717, 1.165) is 38.3 Å². The fourth-order valence-electron chi connectivity index (χ4n) is 5.98. The summed E-state index contributed by atoms with van der Waals surface area (Å²) >= 11 is 2.01. The number of fused-ring (bicyclic) bond motifs is 1. The molecule has 0 radical (unpaired) electrons. The maximum Gasteiger partial charge on any atom is 0.237 e. The molecule has 0 spiro atoms. The van der Waals surface area contributed by atoms with Crippen LogP contribution in [0, 0.1) is 11.8 Å². The van der Waals surface area contributed by atoms with Crippen LogP contribution >= 0.6 is 11.8 Å². The summed E-state index contributed by atoms with van der Waals surface area (Å²) < 4.78 is 0. The quantitative estimate of drug-likeness (QED) is 0.461. The number of nitrogens with zero attached hydrogens (tertiary/aromatic N) is 1. The molecule has 30 heavy (non-hydrogen) atoms. The van der Waals surface area contributed by atoms with Gasteiger partial charge in [0.2, 0.25) is 5.91 Å². The van der Waals surface area contributed by atoms with Gasteiger partial charge in [0.1, 0.15) is 5.50 Å². The lowest BCUT2D eigenvalue weighted by atomic mass is 9.77. The van der Waals surface area contributed by atoms with Gasteiger partial charge in [-0.15, -0.1) is 18.3 Å². The van der Waals surface area contributed by atoms with E-state index in [0.29, 0.717) is 28.7 Å². The van der Waals surface area contributed by atoms with Gasteiger partial charge in [0.25, 0.3) is 0 Å². The van der Waals surface area contributed by atoms with Crippen LogP contribution in [0.15, 0.2) is 12.7 Å². The number of hydrazine groups is 1. The van der Waals surface area contributed by atoms with E-state index in [1.54, 1.807) is 0 Å². The molecule has 2 saturated heterocycles. The van der Waals surface area contributed by atoms with Gasteiger partial charge >= 0.3 is 0 Å². The minimum Gasteiger partial charge on any atom is -0.352 e. The molecule has 7 unspecified atom stereocenters. The van der Waals surface area contributed by atoms with E-state index in [2.05, 4.69) is 46.1 Å². The van der Waals surface area contributed by atoms with Crippen molar-refractivity contribution in [3.05, 3.63) is 12.7 Å². The highest BCUT2D eigenvalue weighted by molar-refractivity contribution is 8.00. The zero-order valence-electron chi connectivity index (χ0n) is 18.6. The van der Waals surface area contributed by atoms with Gasteiger partial charge in [-0.2, -0.15) is 0 Å². The molecule has 7 atom stereocenters. The van der Waals surface area contributed by atoms with E-state index in [-0.39, 0.29) is 11.9 Å². The molecule has 6 nitrogen and oxygen atoms in total. The van der Waals surface area contributed by atoms with Gasteiger partial charge in [-0.3, -0.25) is 9.69 Å². The predicted molar refractivity (Wildman–Crippen MR) is 125 cm³/mol. The Balaban J connectivity index is 1.29. The number of carbonyl (C=O) groups excluding carboxylic acids is 1. The van der Waals surface area contributed by atoms with Crippen molar-refractivity contribution in [2.75, 3.05) is 13.7 Å². The van der Waals surface area contributed by atoms with Crippen molar-refractivity contribution in [1.82, 2.24) is 26.4 Å². The van der Waals surface area contributed by atoms with E-state index >= 15 is 0 Å². The van der Waals surface area contributed by atoms with Crippen LogP contribution in [-0.4, -0.2) is 53.4 Å². The van der Waals surface area contributed by atoms with Crippen LogP contribution in [0.1, 0.15) is 70.6 Å².